The summed E-state index contributed by atoms with van der Waals surface area (Å²) in [7, 11) is 1.71. The molecular formula is C18H18FN3O2. The zero-order valence-corrected chi connectivity index (χ0v) is 13.3. The molecule has 0 spiro atoms. The van der Waals surface area contributed by atoms with Gasteiger partial charge >= 0.3 is 0 Å². The molecule has 0 saturated carbocycles. The number of rotatable bonds is 3. The smallest absolute Gasteiger partial charge is 0.246 e. The Morgan fingerprint density at radius 3 is 2.75 bits per heavy atom. The van der Waals surface area contributed by atoms with Crippen molar-refractivity contribution in [3.63, 3.8) is 0 Å². The summed E-state index contributed by atoms with van der Waals surface area (Å²) in [4.78, 5) is 27.7. The van der Waals surface area contributed by atoms with Gasteiger partial charge in [-0.2, -0.15) is 0 Å². The highest BCUT2D eigenvalue weighted by Crippen LogP contribution is 2.29. The maximum Gasteiger partial charge on any atom is 0.246 e. The Balaban J connectivity index is 1.82. The van der Waals surface area contributed by atoms with Crippen LogP contribution in [0.3, 0.4) is 0 Å². The number of carbonyl (C=O) groups is 2. The molecule has 6 heteroatoms. The minimum atomic E-state index is -0.427. The van der Waals surface area contributed by atoms with E-state index < -0.39 is 5.82 Å². The van der Waals surface area contributed by atoms with Gasteiger partial charge in [0.1, 0.15) is 5.82 Å². The third kappa shape index (κ3) is 3.37. The van der Waals surface area contributed by atoms with E-state index in [2.05, 4.69) is 5.32 Å². The number of hydrogen-bond acceptors (Lipinski definition) is 3. The van der Waals surface area contributed by atoms with Crippen molar-refractivity contribution in [2.45, 2.75) is 6.42 Å². The van der Waals surface area contributed by atoms with Crippen LogP contribution in [0.2, 0.25) is 0 Å². The van der Waals surface area contributed by atoms with Crippen molar-refractivity contribution in [1.82, 2.24) is 0 Å². The molecule has 24 heavy (non-hydrogen) atoms. The highest BCUT2D eigenvalue weighted by Gasteiger charge is 2.23. The fraction of sp³-hybridized carbons (Fsp3) is 0.222. The van der Waals surface area contributed by atoms with Crippen molar-refractivity contribution in [2.75, 3.05) is 35.3 Å². The lowest BCUT2D eigenvalue weighted by Gasteiger charge is -2.26. The van der Waals surface area contributed by atoms with Gasteiger partial charge in [0, 0.05) is 25.7 Å². The molecule has 0 aromatic heterocycles. The third-order valence-electron chi connectivity index (χ3n) is 4.03. The van der Waals surface area contributed by atoms with Crippen LogP contribution < -0.4 is 15.1 Å². The van der Waals surface area contributed by atoms with E-state index in [1.165, 1.54) is 12.1 Å². The van der Waals surface area contributed by atoms with Crippen LogP contribution in [0.1, 0.15) is 6.42 Å². The molecule has 2 amide bonds. The van der Waals surface area contributed by atoms with Gasteiger partial charge in [-0.25, -0.2) is 4.39 Å². The van der Waals surface area contributed by atoms with Crippen molar-refractivity contribution in [3.8, 4) is 0 Å². The molecule has 1 aliphatic heterocycles. The largest absolute Gasteiger partial charge is 0.360 e. The number of benzene rings is 2. The van der Waals surface area contributed by atoms with Gasteiger partial charge in [-0.1, -0.05) is 18.2 Å². The molecule has 5 nitrogen and oxygen atoms in total. The van der Waals surface area contributed by atoms with Crippen LogP contribution in [0.25, 0.3) is 0 Å². The predicted molar refractivity (Wildman–Crippen MR) is 91.7 cm³/mol. The first-order valence-corrected chi connectivity index (χ1v) is 7.70. The van der Waals surface area contributed by atoms with E-state index in [9.17, 15) is 14.0 Å². The van der Waals surface area contributed by atoms with E-state index in [1.54, 1.807) is 22.9 Å². The standard InChI is InChI=1S/C18H18FN3O2/c1-21(14-5-3-2-4-6-14)18(24)12-22-10-9-17(23)20-15-11-13(19)7-8-16(15)22/h2-8,11H,9-10,12H2,1H3,(H,20,23). The van der Waals surface area contributed by atoms with Gasteiger partial charge < -0.3 is 15.1 Å². The third-order valence-corrected chi connectivity index (χ3v) is 4.03. The Hall–Kier alpha value is -2.89. The van der Waals surface area contributed by atoms with Gasteiger partial charge in [0.25, 0.3) is 0 Å². The van der Waals surface area contributed by atoms with Crippen molar-refractivity contribution in [3.05, 3.63) is 54.3 Å². The number of anilines is 3. The van der Waals surface area contributed by atoms with E-state index in [4.69, 9.17) is 0 Å². The van der Waals surface area contributed by atoms with E-state index in [0.29, 0.717) is 17.9 Å². The van der Waals surface area contributed by atoms with Crippen molar-refractivity contribution < 1.29 is 14.0 Å². The lowest BCUT2D eigenvalue weighted by molar-refractivity contribution is -0.118. The Labute approximate surface area is 139 Å². The number of carbonyl (C=O) groups excluding carboxylic acids is 2. The molecule has 0 radical (unpaired) electrons. The van der Waals surface area contributed by atoms with Crippen LogP contribution >= 0.6 is 0 Å². The molecule has 0 atom stereocenters. The number of amides is 2. The normalized spacial score (nSPS) is 13.8. The van der Waals surface area contributed by atoms with Crippen LogP contribution in [-0.2, 0) is 9.59 Å². The predicted octanol–water partition coefficient (Wildman–Crippen LogP) is 2.64. The second-order valence-corrected chi connectivity index (χ2v) is 5.67. The summed E-state index contributed by atoms with van der Waals surface area (Å²) in [6, 6.07) is 13.5. The van der Waals surface area contributed by atoms with Gasteiger partial charge in [-0.3, -0.25) is 9.59 Å². The fourth-order valence-electron chi connectivity index (χ4n) is 2.68. The molecule has 1 heterocycles. The molecule has 0 unspecified atom stereocenters. The lowest BCUT2D eigenvalue weighted by atomic mass is 10.2. The molecule has 3 rings (SSSR count). The number of fused-ring (bicyclic) bond motifs is 1. The lowest BCUT2D eigenvalue weighted by Crippen LogP contribution is -2.39. The average Bonchev–Trinajstić information content (AvgIpc) is 2.73. The number of halogens is 1. The van der Waals surface area contributed by atoms with Gasteiger partial charge in [0.05, 0.1) is 17.9 Å². The summed E-state index contributed by atoms with van der Waals surface area (Å²) in [5.41, 5.74) is 1.84. The summed E-state index contributed by atoms with van der Waals surface area (Å²) in [6.45, 7) is 0.512. The monoisotopic (exact) mass is 327 g/mol. The quantitative estimate of drug-likeness (QED) is 0.943. The summed E-state index contributed by atoms with van der Waals surface area (Å²) >= 11 is 0. The summed E-state index contributed by atoms with van der Waals surface area (Å²) in [5, 5.41) is 2.68. The molecule has 1 N–H and O–H groups in total. The minimum absolute atomic E-state index is 0.106. The second kappa shape index (κ2) is 6.70. The molecule has 2 aromatic rings. The van der Waals surface area contributed by atoms with E-state index in [1.807, 2.05) is 30.3 Å². The van der Waals surface area contributed by atoms with Gasteiger partial charge in [0.15, 0.2) is 0 Å². The number of likely N-dealkylation sites (N-methyl/N-ethyl adjacent to an activating group) is 1. The highest BCUT2D eigenvalue weighted by molar-refractivity contribution is 5.99. The Morgan fingerprint density at radius 2 is 2.00 bits per heavy atom. The molecule has 0 bridgehead atoms. The molecule has 124 valence electrons. The van der Waals surface area contributed by atoms with Gasteiger partial charge in [-0.15, -0.1) is 0 Å². The number of nitrogens with one attached hydrogen (secondary N) is 1. The van der Waals surface area contributed by atoms with Crippen LogP contribution in [-0.4, -0.2) is 32.0 Å². The molecule has 0 fully saturated rings. The Morgan fingerprint density at radius 1 is 1.25 bits per heavy atom. The minimum Gasteiger partial charge on any atom is -0.360 e. The first-order chi connectivity index (χ1) is 11.5. The van der Waals surface area contributed by atoms with Crippen molar-refractivity contribution >= 4 is 28.9 Å². The maximum atomic E-state index is 13.4. The zero-order chi connectivity index (χ0) is 17.1. The second-order valence-electron chi connectivity index (χ2n) is 5.67. The van der Waals surface area contributed by atoms with Crippen LogP contribution in [0.15, 0.2) is 48.5 Å². The number of hydrogen-bond donors (Lipinski definition) is 1. The summed E-state index contributed by atoms with van der Waals surface area (Å²) < 4.78 is 13.4. The van der Waals surface area contributed by atoms with E-state index in [0.717, 1.165) is 5.69 Å². The van der Waals surface area contributed by atoms with Crippen LogP contribution in [0.4, 0.5) is 21.5 Å². The fourth-order valence-corrected chi connectivity index (χ4v) is 2.68. The summed E-state index contributed by atoms with van der Waals surface area (Å²) in [5.74, 6) is -0.720. The SMILES string of the molecule is CN(C(=O)CN1CCC(=O)Nc2cc(F)ccc21)c1ccccc1. The Kier molecular flexibility index (Phi) is 4.46. The molecule has 1 aliphatic rings. The molecule has 0 saturated heterocycles. The zero-order valence-electron chi connectivity index (χ0n) is 13.3. The highest BCUT2D eigenvalue weighted by atomic mass is 19.1. The average molecular weight is 327 g/mol. The molecule has 0 aliphatic carbocycles. The van der Waals surface area contributed by atoms with E-state index >= 15 is 0 Å². The first kappa shape index (κ1) is 16.0. The van der Waals surface area contributed by atoms with Crippen molar-refractivity contribution in [1.29, 1.82) is 0 Å². The topological polar surface area (TPSA) is 52.7 Å². The number of nitrogens with zero attached hydrogens (tertiary/aromatic N) is 2. The molecular weight excluding hydrogens is 309 g/mol. The van der Waals surface area contributed by atoms with Crippen LogP contribution in [0, 0.1) is 5.82 Å². The molecule has 2 aromatic carbocycles. The number of para-hydroxylation sites is 1. The Bertz CT molecular complexity index is 764. The van der Waals surface area contributed by atoms with Gasteiger partial charge in [-0.05, 0) is 30.3 Å². The summed E-state index contributed by atoms with van der Waals surface area (Å²) in [6.07, 6.45) is 0.249. The maximum absolute atomic E-state index is 13.4. The first-order valence-electron chi connectivity index (χ1n) is 7.70. The van der Waals surface area contributed by atoms with Crippen molar-refractivity contribution in [2.24, 2.45) is 0 Å². The van der Waals surface area contributed by atoms with E-state index in [-0.39, 0.29) is 24.8 Å². The van der Waals surface area contributed by atoms with Crippen LogP contribution in [0.5, 0.6) is 0 Å². The van der Waals surface area contributed by atoms with Gasteiger partial charge in [0.2, 0.25) is 11.8 Å².